The molecule has 2 heterocycles. The molecule has 0 aliphatic carbocycles. The fourth-order valence-corrected chi connectivity index (χ4v) is 5.35. The number of aromatic nitrogens is 1. The van der Waals surface area contributed by atoms with Crippen molar-refractivity contribution in [3.63, 3.8) is 0 Å². The fraction of sp³-hybridized carbons (Fsp3) is 0.207. The third kappa shape index (κ3) is 4.68. The van der Waals surface area contributed by atoms with Crippen LogP contribution in [0.25, 0.3) is 16.0 Å². The number of ketones is 1. The standard InChI is InChI=1S/C29H26N2O5S/c1-3-4-15-36-21-12-8-11-19(16-21)25-24(26(32)18-9-6-5-7-10-18)27(33)28(34)31(25)29-30-22-14-13-20(35-2)17-23(22)37-29/h5-14,16-17,25,32H,3-4,15H2,1-2H3/b26-24+. The fourth-order valence-electron chi connectivity index (χ4n) is 4.33. The van der Waals surface area contributed by atoms with Gasteiger partial charge in [0.15, 0.2) is 5.13 Å². The number of unbranched alkanes of at least 4 members (excludes halogenated alkanes) is 1. The summed E-state index contributed by atoms with van der Waals surface area (Å²) in [5.74, 6) is -0.439. The van der Waals surface area contributed by atoms with Crippen molar-refractivity contribution in [2.45, 2.75) is 25.8 Å². The van der Waals surface area contributed by atoms with Crippen molar-refractivity contribution in [1.82, 2.24) is 4.98 Å². The van der Waals surface area contributed by atoms with Gasteiger partial charge in [-0.05, 0) is 42.3 Å². The zero-order chi connectivity index (χ0) is 25.9. The molecule has 3 aromatic carbocycles. The lowest BCUT2D eigenvalue weighted by atomic mass is 9.95. The molecule has 1 aromatic heterocycles. The number of fused-ring (bicyclic) bond motifs is 1. The van der Waals surface area contributed by atoms with Crippen molar-refractivity contribution >= 4 is 44.1 Å². The van der Waals surface area contributed by atoms with Gasteiger partial charge in [-0.25, -0.2) is 4.98 Å². The average molecular weight is 515 g/mol. The first-order valence-corrected chi connectivity index (χ1v) is 12.9. The summed E-state index contributed by atoms with van der Waals surface area (Å²) in [6, 6.07) is 20.6. The van der Waals surface area contributed by atoms with E-state index in [0.29, 0.717) is 39.9 Å². The second-order valence-electron chi connectivity index (χ2n) is 8.64. The van der Waals surface area contributed by atoms with Gasteiger partial charge in [0, 0.05) is 5.56 Å². The molecule has 0 radical (unpaired) electrons. The van der Waals surface area contributed by atoms with Crippen LogP contribution in [0.2, 0.25) is 0 Å². The summed E-state index contributed by atoms with van der Waals surface area (Å²) in [6.07, 6.45) is 1.91. The number of thiazole rings is 1. The predicted molar refractivity (Wildman–Crippen MR) is 144 cm³/mol. The van der Waals surface area contributed by atoms with Gasteiger partial charge >= 0.3 is 5.91 Å². The highest BCUT2D eigenvalue weighted by Crippen LogP contribution is 2.45. The van der Waals surface area contributed by atoms with Gasteiger partial charge in [0.25, 0.3) is 5.78 Å². The van der Waals surface area contributed by atoms with E-state index in [4.69, 9.17) is 9.47 Å². The molecule has 0 saturated carbocycles. The number of benzene rings is 3. The molecular weight excluding hydrogens is 488 g/mol. The minimum atomic E-state index is -0.877. The number of amides is 1. The molecule has 188 valence electrons. The van der Waals surface area contributed by atoms with E-state index in [1.54, 1.807) is 37.4 Å². The number of aliphatic hydroxyl groups excluding tert-OH is 1. The normalized spacial score (nSPS) is 16.9. The summed E-state index contributed by atoms with van der Waals surface area (Å²) >= 11 is 1.29. The number of rotatable bonds is 8. The Morgan fingerprint density at radius 1 is 1.03 bits per heavy atom. The summed E-state index contributed by atoms with van der Waals surface area (Å²) in [6.45, 7) is 2.65. The molecule has 37 heavy (non-hydrogen) atoms. The van der Waals surface area contributed by atoms with Gasteiger partial charge in [-0.3, -0.25) is 14.5 Å². The summed E-state index contributed by atoms with van der Waals surface area (Å²) in [4.78, 5) is 32.9. The summed E-state index contributed by atoms with van der Waals surface area (Å²) in [5, 5.41) is 11.6. The Hall–Kier alpha value is -4.17. The first-order chi connectivity index (χ1) is 18.0. The molecule has 1 aliphatic heterocycles. The number of nitrogens with zero attached hydrogens (tertiary/aromatic N) is 2. The van der Waals surface area contributed by atoms with Crippen molar-refractivity contribution in [2.24, 2.45) is 0 Å². The summed E-state index contributed by atoms with van der Waals surface area (Å²) < 4.78 is 12.0. The molecule has 1 amide bonds. The minimum absolute atomic E-state index is 0.0127. The summed E-state index contributed by atoms with van der Waals surface area (Å²) in [5.41, 5.74) is 1.79. The van der Waals surface area contributed by atoms with Crippen molar-refractivity contribution in [1.29, 1.82) is 0 Å². The van der Waals surface area contributed by atoms with Gasteiger partial charge < -0.3 is 14.6 Å². The molecule has 7 nitrogen and oxygen atoms in total. The quantitative estimate of drug-likeness (QED) is 0.132. The number of carbonyl (C=O) groups is 2. The molecule has 1 aliphatic rings. The monoisotopic (exact) mass is 514 g/mol. The van der Waals surface area contributed by atoms with Crippen LogP contribution in [0.4, 0.5) is 5.13 Å². The van der Waals surface area contributed by atoms with E-state index < -0.39 is 17.7 Å². The number of methoxy groups -OCH3 is 1. The first-order valence-electron chi connectivity index (χ1n) is 12.1. The SMILES string of the molecule is CCCCOc1cccc(C2/C(=C(\O)c3ccccc3)C(=O)C(=O)N2c2nc3ccc(OC)cc3s2)c1. The van der Waals surface area contributed by atoms with Crippen LogP contribution in [0.5, 0.6) is 11.5 Å². The van der Waals surface area contributed by atoms with E-state index in [1.165, 1.54) is 16.2 Å². The van der Waals surface area contributed by atoms with Crippen LogP contribution in [0.3, 0.4) is 0 Å². The van der Waals surface area contributed by atoms with Crippen LogP contribution >= 0.6 is 11.3 Å². The van der Waals surface area contributed by atoms with Gasteiger partial charge in [0.2, 0.25) is 0 Å². The Labute approximate surface area is 218 Å². The zero-order valence-corrected chi connectivity index (χ0v) is 21.3. The lowest BCUT2D eigenvalue weighted by molar-refractivity contribution is -0.132. The molecule has 1 atom stereocenters. The van der Waals surface area contributed by atoms with Crippen LogP contribution < -0.4 is 14.4 Å². The molecule has 0 spiro atoms. The maximum Gasteiger partial charge on any atom is 0.301 e. The number of anilines is 1. The van der Waals surface area contributed by atoms with Crippen molar-refractivity contribution in [3.05, 3.63) is 89.5 Å². The van der Waals surface area contributed by atoms with E-state index in [2.05, 4.69) is 11.9 Å². The van der Waals surface area contributed by atoms with Gasteiger partial charge in [0.05, 0.1) is 35.5 Å². The Morgan fingerprint density at radius 3 is 2.59 bits per heavy atom. The zero-order valence-electron chi connectivity index (χ0n) is 20.5. The molecule has 1 N–H and O–H groups in total. The topological polar surface area (TPSA) is 89.0 Å². The molecule has 8 heteroatoms. The summed E-state index contributed by atoms with van der Waals surface area (Å²) in [7, 11) is 1.58. The molecule has 0 bridgehead atoms. The lowest BCUT2D eigenvalue weighted by Gasteiger charge is -2.23. The van der Waals surface area contributed by atoms with Gasteiger partial charge in [-0.1, -0.05) is 67.1 Å². The average Bonchev–Trinajstić information content (AvgIpc) is 3.46. The molecule has 5 rings (SSSR count). The number of ether oxygens (including phenoxy) is 2. The number of hydrogen-bond acceptors (Lipinski definition) is 7. The Morgan fingerprint density at radius 2 is 1.84 bits per heavy atom. The smallest absolute Gasteiger partial charge is 0.301 e. The highest BCUT2D eigenvalue weighted by Gasteiger charge is 2.48. The number of aliphatic hydroxyl groups is 1. The van der Waals surface area contributed by atoms with Crippen LogP contribution in [0.1, 0.15) is 36.9 Å². The predicted octanol–water partition coefficient (Wildman–Crippen LogP) is 6.11. The van der Waals surface area contributed by atoms with Gasteiger partial charge in [0.1, 0.15) is 17.3 Å². The highest BCUT2D eigenvalue weighted by molar-refractivity contribution is 7.22. The largest absolute Gasteiger partial charge is 0.507 e. The number of carbonyl (C=O) groups excluding carboxylic acids is 2. The maximum atomic E-state index is 13.5. The van der Waals surface area contributed by atoms with Crippen LogP contribution in [0.15, 0.2) is 78.4 Å². The lowest BCUT2D eigenvalue weighted by Crippen LogP contribution is -2.29. The van der Waals surface area contributed by atoms with Crippen LogP contribution in [-0.4, -0.2) is 35.5 Å². The first kappa shape index (κ1) is 24.5. The third-order valence-corrected chi connectivity index (χ3v) is 7.24. The van der Waals surface area contributed by atoms with E-state index in [-0.39, 0.29) is 11.3 Å². The van der Waals surface area contributed by atoms with E-state index in [9.17, 15) is 14.7 Å². The van der Waals surface area contributed by atoms with Crippen LogP contribution in [0, 0.1) is 0 Å². The Kier molecular flexibility index (Phi) is 6.92. The molecule has 1 saturated heterocycles. The molecule has 1 unspecified atom stereocenters. The van der Waals surface area contributed by atoms with Gasteiger partial charge in [-0.2, -0.15) is 0 Å². The second-order valence-corrected chi connectivity index (χ2v) is 9.65. The van der Waals surface area contributed by atoms with E-state index >= 15 is 0 Å². The third-order valence-electron chi connectivity index (χ3n) is 6.22. The van der Waals surface area contributed by atoms with Crippen molar-refractivity contribution < 1.29 is 24.2 Å². The maximum absolute atomic E-state index is 13.5. The molecule has 4 aromatic rings. The van der Waals surface area contributed by atoms with E-state index in [1.807, 2.05) is 42.5 Å². The van der Waals surface area contributed by atoms with E-state index in [0.717, 1.165) is 17.5 Å². The Balaban J connectivity index is 1.67. The molecule has 1 fully saturated rings. The molecular formula is C29H26N2O5S. The van der Waals surface area contributed by atoms with Crippen molar-refractivity contribution in [2.75, 3.05) is 18.6 Å². The van der Waals surface area contributed by atoms with Crippen LogP contribution in [-0.2, 0) is 9.59 Å². The second kappa shape index (κ2) is 10.4. The minimum Gasteiger partial charge on any atom is -0.507 e. The van der Waals surface area contributed by atoms with Crippen molar-refractivity contribution in [3.8, 4) is 11.5 Å². The number of Topliss-reactive ketones (excluding diaryl/α,β-unsaturated/α-hetero) is 1. The highest BCUT2D eigenvalue weighted by atomic mass is 32.1. The number of hydrogen-bond donors (Lipinski definition) is 1. The Bertz CT molecular complexity index is 1490. The van der Waals surface area contributed by atoms with Gasteiger partial charge in [-0.15, -0.1) is 0 Å².